The molecule has 2 N–H and O–H groups in total. The molecule has 0 aromatic heterocycles. The summed E-state index contributed by atoms with van der Waals surface area (Å²) in [6.07, 6.45) is 2.58. The first-order valence-electron chi connectivity index (χ1n) is 6.29. The Labute approximate surface area is 105 Å². The van der Waals surface area contributed by atoms with Crippen LogP contribution in [0.2, 0.25) is 0 Å². The number of sulfonamides is 1. The van der Waals surface area contributed by atoms with E-state index in [0.29, 0.717) is 6.42 Å². The second-order valence-corrected chi connectivity index (χ2v) is 7.16. The Balaban J connectivity index is 2.76. The minimum atomic E-state index is -3.24. The average molecular weight is 263 g/mol. The molecule has 0 radical (unpaired) electrons. The second-order valence-electron chi connectivity index (χ2n) is 4.89. The van der Waals surface area contributed by atoms with E-state index < -0.39 is 15.3 Å². The van der Waals surface area contributed by atoms with Gasteiger partial charge < -0.3 is 10.6 Å². The third kappa shape index (κ3) is 3.40. The van der Waals surface area contributed by atoms with Gasteiger partial charge in [0.15, 0.2) is 0 Å². The molecule has 1 aliphatic rings. The fourth-order valence-electron chi connectivity index (χ4n) is 2.38. The number of piperidine rings is 1. The van der Waals surface area contributed by atoms with Crippen LogP contribution in [-0.2, 0) is 10.0 Å². The van der Waals surface area contributed by atoms with Gasteiger partial charge in [-0.25, -0.2) is 12.7 Å². The topological polar surface area (TPSA) is 66.6 Å². The van der Waals surface area contributed by atoms with Crippen molar-refractivity contribution in [2.45, 2.75) is 37.5 Å². The monoisotopic (exact) mass is 263 g/mol. The smallest absolute Gasteiger partial charge is 0.218 e. The van der Waals surface area contributed by atoms with Crippen LogP contribution in [0.5, 0.6) is 0 Å². The van der Waals surface area contributed by atoms with Crippen LogP contribution < -0.4 is 5.73 Å². The van der Waals surface area contributed by atoms with Gasteiger partial charge in [0.2, 0.25) is 10.0 Å². The van der Waals surface area contributed by atoms with Crippen LogP contribution in [0.25, 0.3) is 0 Å². The normalized spacial score (nSPS) is 25.1. The van der Waals surface area contributed by atoms with Crippen LogP contribution >= 0.6 is 0 Å². The van der Waals surface area contributed by atoms with E-state index in [9.17, 15) is 8.42 Å². The van der Waals surface area contributed by atoms with Gasteiger partial charge in [-0.15, -0.1) is 0 Å². The van der Waals surface area contributed by atoms with Gasteiger partial charge in [-0.3, -0.25) is 0 Å². The molecule has 1 heterocycles. The number of hydrogen-bond acceptors (Lipinski definition) is 4. The molecule has 0 aromatic rings. The summed E-state index contributed by atoms with van der Waals surface area (Å²) < 4.78 is 26.2. The summed E-state index contributed by atoms with van der Waals surface area (Å²) in [5, 5.41) is -0.445. The average Bonchev–Trinajstić information content (AvgIpc) is 2.29. The van der Waals surface area contributed by atoms with Crippen molar-refractivity contribution in [1.82, 2.24) is 9.21 Å². The van der Waals surface area contributed by atoms with Gasteiger partial charge >= 0.3 is 0 Å². The van der Waals surface area contributed by atoms with Gasteiger partial charge in [-0.05, 0) is 32.9 Å². The number of likely N-dealkylation sites (N-methyl/N-ethyl adjacent to an activating group) is 2. The lowest BCUT2D eigenvalue weighted by Gasteiger charge is -2.36. The number of likely N-dealkylation sites (tertiary alicyclic amines) is 1. The lowest BCUT2D eigenvalue weighted by atomic mass is 10.1. The highest BCUT2D eigenvalue weighted by atomic mass is 32.2. The number of nitrogens with zero attached hydrogens (tertiary/aromatic N) is 2. The summed E-state index contributed by atoms with van der Waals surface area (Å²) in [6, 6.07) is 0.0966. The van der Waals surface area contributed by atoms with Gasteiger partial charge in [0, 0.05) is 26.2 Å². The highest BCUT2D eigenvalue weighted by molar-refractivity contribution is 7.89. The summed E-state index contributed by atoms with van der Waals surface area (Å²) in [4.78, 5) is 2.18. The Bertz CT molecular complexity index is 328. The van der Waals surface area contributed by atoms with E-state index in [2.05, 4.69) is 4.90 Å². The highest BCUT2D eigenvalue weighted by Crippen LogP contribution is 2.19. The first-order chi connectivity index (χ1) is 7.93. The maximum Gasteiger partial charge on any atom is 0.218 e. The highest BCUT2D eigenvalue weighted by Gasteiger charge is 2.33. The van der Waals surface area contributed by atoms with Crippen LogP contribution in [0, 0.1) is 0 Å². The predicted molar refractivity (Wildman–Crippen MR) is 70.3 cm³/mol. The minimum absolute atomic E-state index is 0.0966. The molecule has 0 aromatic carbocycles. The number of nitrogens with two attached hydrogens (primary N) is 1. The SMILES string of the molecule is CCC(CN)S(=O)(=O)N(C)C1CCCN(C)C1. The molecule has 1 rings (SSSR count). The zero-order valence-electron chi connectivity index (χ0n) is 11.1. The second kappa shape index (κ2) is 6.13. The Morgan fingerprint density at radius 3 is 2.65 bits per heavy atom. The van der Waals surface area contributed by atoms with Crippen molar-refractivity contribution in [3.8, 4) is 0 Å². The first kappa shape index (κ1) is 14.9. The van der Waals surface area contributed by atoms with Gasteiger partial charge in [0.25, 0.3) is 0 Å². The number of hydrogen-bond donors (Lipinski definition) is 1. The standard InChI is InChI=1S/C11H25N3O2S/c1-4-11(8-12)17(15,16)14(3)10-6-5-7-13(2)9-10/h10-11H,4-9,12H2,1-3H3. The van der Waals surface area contributed by atoms with E-state index in [1.54, 1.807) is 11.4 Å². The molecular weight excluding hydrogens is 238 g/mol. The van der Waals surface area contributed by atoms with Crippen molar-refractivity contribution in [1.29, 1.82) is 0 Å². The van der Waals surface area contributed by atoms with Crippen LogP contribution in [0.15, 0.2) is 0 Å². The third-order valence-electron chi connectivity index (χ3n) is 3.65. The molecule has 0 spiro atoms. The predicted octanol–water partition coefficient (Wildman–Crippen LogP) is 0.0795. The molecule has 1 aliphatic heterocycles. The summed E-state index contributed by atoms with van der Waals surface area (Å²) in [7, 11) is 0.484. The molecule has 1 fully saturated rings. The van der Waals surface area contributed by atoms with Crippen LogP contribution in [-0.4, -0.2) is 62.6 Å². The molecule has 6 heteroatoms. The molecule has 102 valence electrons. The van der Waals surface area contributed by atoms with Gasteiger partial charge in [-0.2, -0.15) is 0 Å². The molecule has 2 unspecified atom stereocenters. The fraction of sp³-hybridized carbons (Fsp3) is 1.00. The zero-order chi connectivity index (χ0) is 13.1. The van der Waals surface area contributed by atoms with Crippen molar-refractivity contribution in [3.05, 3.63) is 0 Å². The van der Waals surface area contributed by atoms with Gasteiger partial charge in [0.05, 0.1) is 5.25 Å². The van der Waals surface area contributed by atoms with E-state index >= 15 is 0 Å². The Hall–Kier alpha value is -0.170. The quantitative estimate of drug-likeness (QED) is 0.763. The lowest BCUT2D eigenvalue weighted by molar-refractivity contribution is 0.186. The lowest BCUT2D eigenvalue weighted by Crippen LogP contribution is -2.50. The summed E-state index contributed by atoms with van der Waals surface area (Å²) in [5.41, 5.74) is 5.55. The summed E-state index contributed by atoms with van der Waals surface area (Å²) in [6.45, 7) is 3.94. The van der Waals surface area contributed by atoms with Crippen LogP contribution in [0.3, 0.4) is 0 Å². The van der Waals surface area contributed by atoms with E-state index in [1.807, 2.05) is 14.0 Å². The first-order valence-corrected chi connectivity index (χ1v) is 7.79. The maximum absolute atomic E-state index is 12.3. The van der Waals surface area contributed by atoms with Crippen molar-refractivity contribution in [2.75, 3.05) is 33.7 Å². The molecule has 17 heavy (non-hydrogen) atoms. The Morgan fingerprint density at radius 1 is 1.53 bits per heavy atom. The van der Waals surface area contributed by atoms with Crippen LogP contribution in [0.4, 0.5) is 0 Å². The fourth-order valence-corrected chi connectivity index (χ4v) is 4.10. The Kier molecular flexibility index (Phi) is 5.37. The van der Waals surface area contributed by atoms with Crippen molar-refractivity contribution < 1.29 is 8.42 Å². The maximum atomic E-state index is 12.3. The van der Waals surface area contributed by atoms with Gasteiger partial charge in [0.1, 0.15) is 0 Å². The minimum Gasteiger partial charge on any atom is -0.329 e. The Morgan fingerprint density at radius 2 is 2.18 bits per heavy atom. The van der Waals surface area contributed by atoms with Crippen molar-refractivity contribution in [2.24, 2.45) is 5.73 Å². The molecular formula is C11H25N3O2S. The number of rotatable bonds is 5. The van der Waals surface area contributed by atoms with Crippen molar-refractivity contribution in [3.63, 3.8) is 0 Å². The van der Waals surface area contributed by atoms with E-state index in [1.165, 1.54) is 0 Å². The zero-order valence-corrected chi connectivity index (χ0v) is 11.9. The molecule has 0 saturated carbocycles. The molecule has 5 nitrogen and oxygen atoms in total. The molecule has 2 atom stereocenters. The summed E-state index contributed by atoms with van der Waals surface area (Å²) in [5.74, 6) is 0. The molecule has 0 bridgehead atoms. The van der Waals surface area contributed by atoms with Crippen molar-refractivity contribution >= 4 is 10.0 Å². The van der Waals surface area contributed by atoms with E-state index in [0.717, 1.165) is 25.9 Å². The summed E-state index contributed by atoms with van der Waals surface area (Å²) >= 11 is 0. The van der Waals surface area contributed by atoms with Gasteiger partial charge in [-0.1, -0.05) is 6.92 Å². The molecule has 1 saturated heterocycles. The van der Waals surface area contributed by atoms with Crippen LogP contribution in [0.1, 0.15) is 26.2 Å². The van der Waals surface area contributed by atoms with E-state index in [-0.39, 0.29) is 12.6 Å². The molecule has 0 amide bonds. The third-order valence-corrected chi connectivity index (χ3v) is 6.12. The van der Waals surface area contributed by atoms with E-state index in [4.69, 9.17) is 5.73 Å². The molecule has 0 aliphatic carbocycles. The largest absolute Gasteiger partial charge is 0.329 e.